The standard InChI is InChI=1S/C29H22ClN7O5S/c1-41-23-15-21(16-24(17-23)42-2)31-27-28(33-26-12-4-3-11-25(26)32-27)37(43(39)40)22-10-6-9-20(14-22)34-36-35-29(38)18-7-5-8-19(30)13-18/h3-17H,1-2H3,(H-,31,32,39,40)/p+1. The quantitative estimate of drug-likeness (QED) is 0.105. The lowest BCUT2D eigenvalue weighted by molar-refractivity contribution is 0.0992. The van der Waals surface area contributed by atoms with E-state index in [1.54, 1.807) is 72.8 Å². The molecule has 5 rings (SSSR count). The third-order valence-corrected chi connectivity index (χ3v) is 6.88. The van der Waals surface area contributed by atoms with Gasteiger partial charge in [-0.25, -0.2) is 18.5 Å². The number of fused-ring (bicyclic) bond motifs is 1. The molecule has 0 aliphatic carbocycles. The summed E-state index contributed by atoms with van der Waals surface area (Å²) < 4.78 is 35.1. The van der Waals surface area contributed by atoms with E-state index in [1.165, 1.54) is 26.4 Å². The van der Waals surface area contributed by atoms with Crippen LogP contribution in [0.25, 0.3) is 11.0 Å². The fraction of sp³-hybridized carbons (Fsp3) is 0.0690. The van der Waals surface area contributed by atoms with Gasteiger partial charge in [0.15, 0.2) is 22.4 Å². The first-order valence-electron chi connectivity index (χ1n) is 12.5. The first kappa shape index (κ1) is 29.3. The minimum atomic E-state index is -2.60. The second-order valence-corrected chi connectivity index (χ2v) is 10.0. The second-order valence-electron chi connectivity index (χ2n) is 8.76. The average Bonchev–Trinajstić information content (AvgIpc) is 3.01. The average molecular weight is 617 g/mol. The van der Waals surface area contributed by atoms with Gasteiger partial charge in [0, 0.05) is 28.9 Å². The summed E-state index contributed by atoms with van der Waals surface area (Å²) in [5.74, 6) is 0.660. The zero-order valence-electron chi connectivity index (χ0n) is 22.7. The summed E-state index contributed by atoms with van der Waals surface area (Å²) >= 11 is 3.34. The largest absolute Gasteiger partial charge is 0.497 e. The zero-order valence-corrected chi connectivity index (χ0v) is 24.3. The molecule has 4 aromatic carbocycles. The van der Waals surface area contributed by atoms with Crippen LogP contribution < -0.4 is 24.0 Å². The molecule has 1 aromatic heterocycles. The minimum Gasteiger partial charge on any atom is -0.497 e. The molecule has 1 heterocycles. The van der Waals surface area contributed by atoms with Crippen LogP contribution in [0.15, 0.2) is 101 Å². The molecular formula is C29H23ClN7O5S+. The Labute approximate surface area is 253 Å². The summed E-state index contributed by atoms with van der Waals surface area (Å²) in [5, 5.41) is 11.2. The van der Waals surface area contributed by atoms with E-state index in [9.17, 15) is 13.6 Å². The maximum absolute atomic E-state index is 12.8. The number of hydrogen-bond donors (Lipinski definition) is 2. The van der Waals surface area contributed by atoms with Crippen molar-refractivity contribution in [3.63, 3.8) is 0 Å². The second kappa shape index (κ2) is 13.2. The number of aromatic nitrogens is 2. The molecule has 1 amide bonds. The van der Waals surface area contributed by atoms with Crippen LogP contribution in [0.5, 0.6) is 11.5 Å². The number of para-hydroxylation sites is 2. The molecule has 0 saturated carbocycles. The van der Waals surface area contributed by atoms with Gasteiger partial charge in [-0.3, -0.25) is 9.35 Å². The Kier molecular flexibility index (Phi) is 8.99. The van der Waals surface area contributed by atoms with E-state index in [4.69, 9.17) is 26.1 Å². The smallest absolute Gasteiger partial charge is 0.360 e. The SMILES string of the molecule is COc1cc(Nc2nc3ccccc3nc2N(c2cccc(N=[N+]=NC(=O)c3cccc(Cl)c3)c2)S(=O)O)cc(OC)c1. The number of carbonyl (C=O) groups excluding carboxylic acids is 1. The Morgan fingerprint density at radius 3 is 2.30 bits per heavy atom. The number of benzene rings is 4. The molecule has 2 N–H and O–H groups in total. The molecule has 1 unspecified atom stereocenters. The van der Waals surface area contributed by atoms with Crippen LogP contribution in [0, 0.1) is 0 Å². The monoisotopic (exact) mass is 616 g/mol. The summed E-state index contributed by atoms with van der Waals surface area (Å²) in [6.45, 7) is 0. The molecule has 0 aliphatic rings. The Morgan fingerprint density at radius 2 is 1.63 bits per heavy atom. The van der Waals surface area contributed by atoms with E-state index in [2.05, 4.69) is 25.4 Å². The molecule has 0 aliphatic heterocycles. The van der Waals surface area contributed by atoms with Crippen molar-refractivity contribution in [3.05, 3.63) is 102 Å². The Balaban J connectivity index is 1.55. The molecule has 1 atom stereocenters. The molecule has 0 bridgehead atoms. The van der Waals surface area contributed by atoms with Gasteiger partial charge in [-0.2, -0.15) is 0 Å². The van der Waals surface area contributed by atoms with Gasteiger partial charge in [0.2, 0.25) is 10.0 Å². The van der Waals surface area contributed by atoms with Gasteiger partial charge in [0.25, 0.3) is 11.3 Å². The molecule has 0 spiro atoms. The highest BCUT2D eigenvalue weighted by Crippen LogP contribution is 2.36. The molecule has 14 heteroatoms. The van der Waals surface area contributed by atoms with Gasteiger partial charge < -0.3 is 14.8 Å². The highest BCUT2D eigenvalue weighted by atomic mass is 35.5. The normalized spacial score (nSPS) is 11.3. The fourth-order valence-corrected chi connectivity index (χ4v) is 4.75. The first-order chi connectivity index (χ1) is 20.8. The summed E-state index contributed by atoms with van der Waals surface area (Å²) in [5.41, 5.74) is 2.35. The maximum Gasteiger partial charge on any atom is 0.360 e. The molecule has 216 valence electrons. The number of hydrogen-bond acceptors (Lipinski definition) is 8. The van der Waals surface area contributed by atoms with Crippen molar-refractivity contribution in [1.82, 2.24) is 14.9 Å². The number of nitrogens with zero attached hydrogens (tertiary/aromatic N) is 6. The van der Waals surface area contributed by atoms with Crippen molar-refractivity contribution in [3.8, 4) is 11.5 Å². The van der Waals surface area contributed by atoms with E-state index >= 15 is 0 Å². The van der Waals surface area contributed by atoms with Crippen LogP contribution in [0.3, 0.4) is 0 Å². The van der Waals surface area contributed by atoms with E-state index in [0.29, 0.717) is 33.2 Å². The molecule has 0 fully saturated rings. The van der Waals surface area contributed by atoms with Crippen molar-refractivity contribution in [2.45, 2.75) is 0 Å². The summed E-state index contributed by atoms with van der Waals surface area (Å²) in [7, 11) is 3.06. The van der Waals surface area contributed by atoms with Crippen LogP contribution in [-0.2, 0) is 11.3 Å². The first-order valence-corrected chi connectivity index (χ1v) is 14.0. The highest BCUT2D eigenvalue weighted by molar-refractivity contribution is 7.81. The summed E-state index contributed by atoms with van der Waals surface area (Å²) in [4.78, 5) is 25.3. The van der Waals surface area contributed by atoms with Crippen LogP contribution in [-0.4, -0.2) is 38.9 Å². The van der Waals surface area contributed by atoms with Crippen molar-refractivity contribution in [2.24, 2.45) is 10.2 Å². The van der Waals surface area contributed by atoms with Crippen molar-refractivity contribution in [2.75, 3.05) is 23.8 Å². The van der Waals surface area contributed by atoms with E-state index in [1.807, 2.05) is 6.07 Å². The number of nitrogens with one attached hydrogen (secondary N) is 1. The van der Waals surface area contributed by atoms with Crippen molar-refractivity contribution < 1.29 is 23.0 Å². The Hall–Kier alpha value is -5.20. The minimum absolute atomic E-state index is 0.0521. The number of ether oxygens (including phenoxy) is 2. The number of rotatable bonds is 9. The van der Waals surface area contributed by atoms with Crippen LogP contribution in [0.4, 0.5) is 28.7 Å². The maximum atomic E-state index is 12.8. The number of amides is 1. The zero-order chi connectivity index (χ0) is 30.3. The third kappa shape index (κ3) is 7.00. The van der Waals surface area contributed by atoms with E-state index < -0.39 is 17.2 Å². The Morgan fingerprint density at radius 1 is 0.930 bits per heavy atom. The van der Waals surface area contributed by atoms with Crippen LogP contribution in [0.1, 0.15) is 10.4 Å². The molecule has 0 saturated heterocycles. The van der Waals surface area contributed by atoms with Crippen LogP contribution in [0.2, 0.25) is 5.02 Å². The predicted octanol–water partition coefficient (Wildman–Crippen LogP) is 6.76. The number of anilines is 4. The topological polar surface area (TPSA) is 153 Å². The highest BCUT2D eigenvalue weighted by Gasteiger charge is 2.24. The lowest BCUT2D eigenvalue weighted by Crippen LogP contribution is -2.22. The van der Waals surface area contributed by atoms with Gasteiger partial charge >= 0.3 is 5.91 Å². The lowest BCUT2D eigenvalue weighted by Gasteiger charge is -2.22. The number of carbonyl (C=O) groups is 1. The van der Waals surface area contributed by atoms with Gasteiger partial charge in [-0.1, -0.05) is 35.9 Å². The lowest BCUT2D eigenvalue weighted by atomic mass is 10.2. The van der Waals surface area contributed by atoms with Gasteiger partial charge in [-0.05, 0) is 48.5 Å². The van der Waals surface area contributed by atoms with Crippen LogP contribution >= 0.6 is 11.6 Å². The van der Waals surface area contributed by atoms with Gasteiger partial charge in [-0.15, -0.1) is 0 Å². The summed E-state index contributed by atoms with van der Waals surface area (Å²) in [6.07, 6.45) is 0. The molecule has 5 aromatic rings. The molecule has 12 nitrogen and oxygen atoms in total. The molecular weight excluding hydrogens is 594 g/mol. The Bertz CT molecular complexity index is 1890. The van der Waals surface area contributed by atoms with Gasteiger partial charge in [0.1, 0.15) is 11.5 Å². The van der Waals surface area contributed by atoms with Crippen molar-refractivity contribution in [1.29, 1.82) is 0 Å². The third-order valence-electron chi connectivity index (χ3n) is 5.95. The number of methoxy groups -OCH3 is 2. The fourth-order valence-electron chi connectivity index (χ4n) is 3.99. The number of halogens is 1. The summed E-state index contributed by atoms with van der Waals surface area (Å²) in [6, 6.07) is 24.8. The molecule has 43 heavy (non-hydrogen) atoms. The van der Waals surface area contributed by atoms with Gasteiger partial charge in [0.05, 0.1) is 36.5 Å². The predicted molar refractivity (Wildman–Crippen MR) is 164 cm³/mol. The van der Waals surface area contributed by atoms with E-state index in [0.717, 1.165) is 4.31 Å². The van der Waals surface area contributed by atoms with Crippen molar-refractivity contribution >= 4 is 68.5 Å². The van der Waals surface area contributed by atoms with E-state index in [-0.39, 0.29) is 28.6 Å². The molecule has 0 radical (unpaired) electrons.